The first-order valence-electron chi connectivity index (χ1n) is 12.8. The summed E-state index contributed by atoms with van der Waals surface area (Å²) < 4.78 is 7.24. The number of ether oxygens (including phenoxy) is 1. The quantitative estimate of drug-likeness (QED) is 0.231. The zero-order chi connectivity index (χ0) is 27.4. The second kappa shape index (κ2) is 11.2. The van der Waals surface area contributed by atoms with Crippen molar-refractivity contribution in [2.75, 3.05) is 4.90 Å². The largest absolute Gasteiger partial charge is 0.448 e. The lowest BCUT2D eigenvalue weighted by molar-refractivity contribution is -0.126. The molecular weight excluding hydrogens is 488 g/mol. The molecule has 1 unspecified atom stereocenters. The number of hydrogen-bond donors (Lipinski definition) is 0. The summed E-state index contributed by atoms with van der Waals surface area (Å²) in [6, 6.07) is 35.1. The zero-order valence-corrected chi connectivity index (χ0v) is 21.8. The molecule has 0 aliphatic carbocycles. The van der Waals surface area contributed by atoms with E-state index < -0.39 is 12.1 Å². The minimum absolute atomic E-state index is 0.0992. The van der Waals surface area contributed by atoms with Gasteiger partial charge in [-0.15, -0.1) is 0 Å². The van der Waals surface area contributed by atoms with Crippen molar-refractivity contribution in [1.82, 2.24) is 4.57 Å². The molecule has 1 amide bonds. The molecule has 0 bridgehead atoms. The molecule has 1 atom stereocenters. The highest BCUT2D eigenvalue weighted by atomic mass is 16.5. The molecule has 1 heterocycles. The van der Waals surface area contributed by atoms with Gasteiger partial charge in [-0.3, -0.25) is 14.5 Å². The Bertz CT molecular complexity index is 1640. The average Bonchev–Trinajstić information content (AvgIpc) is 2.99. The molecule has 0 aliphatic rings. The molecule has 4 aromatic carbocycles. The molecule has 0 radical (unpaired) electrons. The molecule has 0 aliphatic heterocycles. The number of para-hydroxylation sites is 2. The van der Waals surface area contributed by atoms with Crippen molar-refractivity contribution in [3.63, 3.8) is 0 Å². The van der Waals surface area contributed by atoms with Crippen LogP contribution in [-0.4, -0.2) is 22.5 Å². The Morgan fingerprint density at radius 2 is 1.23 bits per heavy atom. The van der Waals surface area contributed by atoms with Gasteiger partial charge >= 0.3 is 5.97 Å². The Morgan fingerprint density at radius 3 is 1.77 bits per heavy atom. The van der Waals surface area contributed by atoms with Gasteiger partial charge in [0.2, 0.25) is 0 Å². The highest BCUT2D eigenvalue weighted by Crippen LogP contribution is 2.32. The highest BCUT2D eigenvalue weighted by molar-refractivity contribution is 6.08. The maximum Gasteiger partial charge on any atom is 0.356 e. The summed E-state index contributed by atoms with van der Waals surface area (Å²) in [5.41, 5.74) is 2.46. The topological polar surface area (TPSA) is 68.6 Å². The van der Waals surface area contributed by atoms with E-state index in [1.165, 1.54) is 4.57 Å². The number of anilines is 2. The third kappa shape index (κ3) is 4.97. The fourth-order valence-corrected chi connectivity index (χ4v) is 4.80. The van der Waals surface area contributed by atoms with E-state index in [-0.39, 0.29) is 23.6 Å². The van der Waals surface area contributed by atoms with Crippen molar-refractivity contribution in [1.29, 1.82) is 0 Å². The number of nitrogens with zero attached hydrogens (tertiary/aromatic N) is 2. The van der Waals surface area contributed by atoms with Gasteiger partial charge in [-0.1, -0.05) is 91.9 Å². The molecule has 39 heavy (non-hydrogen) atoms. The van der Waals surface area contributed by atoms with E-state index in [2.05, 4.69) is 0 Å². The van der Waals surface area contributed by atoms with Crippen molar-refractivity contribution in [3.8, 4) is 11.1 Å². The van der Waals surface area contributed by atoms with Crippen LogP contribution >= 0.6 is 0 Å². The van der Waals surface area contributed by atoms with Crippen molar-refractivity contribution in [3.05, 3.63) is 131 Å². The molecule has 0 saturated heterocycles. The smallest absolute Gasteiger partial charge is 0.356 e. The molecule has 0 fully saturated rings. The Kier molecular flexibility index (Phi) is 7.37. The summed E-state index contributed by atoms with van der Waals surface area (Å²) in [6.45, 7) is 1.79. The molecule has 0 spiro atoms. The van der Waals surface area contributed by atoms with E-state index in [0.717, 1.165) is 5.56 Å². The number of amides is 1. The number of aromatic nitrogens is 1. The molecule has 1 aromatic heterocycles. The lowest BCUT2D eigenvalue weighted by Crippen LogP contribution is -2.39. The van der Waals surface area contributed by atoms with Gasteiger partial charge in [0, 0.05) is 29.4 Å². The summed E-state index contributed by atoms with van der Waals surface area (Å²) in [5, 5.41) is 1.14. The number of fused-ring (bicyclic) bond motifs is 1. The van der Waals surface area contributed by atoms with Gasteiger partial charge < -0.3 is 9.30 Å². The molecule has 5 aromatic rings. The number of benzene rings is 4. The molecule has 0 saturated carbocycles. The highest BCUT2D eigenvalue weighted by Gasteiger charge is 2.31. The third-order valence-electron chi connectivity index (χ3n) is 6.70. The predicted molar refractivity (Wildman–Crippen MR) is 154 cm³/mol. The molecule has 5 rings (SSSR count). The molecule has 6 heteroatoms. The second-order valence-electron chi connectivity index (χ2n) is 9.15. The Morgan fingerprint density at radius 1 is 0.744 bits per heavy atom. The van der Waals surface area contributed by atoms with E-state index in [0.29, 0.717) is 27.7 Å². The monoisotopic (exact) mass is 516 g/mol. The first kappa shape index (κ1) is 25.7. The van der Waals surface area contributed by atoms with Crippen molar-refractivity contribution in [2.24, 2.45) is 7.05 Å². The van der Waals surface area contributed by atoms with Crippen LogP contribution in [0.15, 0.2) is 120 Å². The van der Waals surface area contributed by atoms with E-state index in [1.807, 2.05) is 103 Å². The van der Waals surface area contributed by atoms with Crippen molar-refractivity contribution in [2.45, 2.75) is 19.4 Å². The van der Waals surface area contributed by atoms with E-state index in [9.17, 15) is 14.4 Å². The molecule has 0 N–H and O–H groups in total. The van der Waals surface area contributed by atoms with Gasteiger partial charge in [-0.25, -0.2) is 4.79 Å². The van der Waals surface area contributed by atoms with Crippen LogP contribution in [0.25, 0.3) is 21.9 Å². The van der Waals surface area contributed by atoms with Gasteiger partial charge in [-0.2, -0.15) is 0 Å². The number of hydrogen-bond acceptors (Lipinski definition) is 4. The Hall–Kier alpha value is -4.97. The Balaban J connectivity index is 1.59. The lowest BCUT2D eigenvalue weighted by Gasteiger charge is -2.27. The van der Waals surface area contributed by atoms with Crippen LogP contribution in [0.1, 0.15) is 23.8 Å². The average molecular weight is 517 g/mol. The SMILES string of the molecule is CCC(OC(=O)c1c(-c2ccccc2)c2ccccc2c(=O)n1C)C(=O)N(c1ccccc1)c1ccccc1. The van der Waals surface area contributed by atoms with Crippen LogP contribution in [0.4, 0.5) is 11.4 Å². The van der Waals surface area contributed by atoms with Crippen LogP contribution in [-0.2, 0) is 16.6 Å². The van der Waals surface area contributed by atoms with Crippen molar-refractivity contribution < 1.29 is 14.3 Å². The van der Waals surface area contributed by atoms with Gasteiger partial charge in [-0.05, 0) is 47.7 Å². The summed E-state index contributed by atoms with van der Waals surface area (Å²) in [4.78, 5) is 42.7. The van der Waals surface area contributed by atoms with Crippen LogP contribution < -0.4 is 10.5 Å². The van der Waals surface area contributed by atoms with E-state index in [1.54, 1.807) is 31.0 Å². The maximum absolute atomic E-state index is 13.9. The van der Waals surface area contributed by atoms with Crippen molar-refractivity contribution >= 4 is 34.0 Å². The number of carbonyl (C=O) groups excluding carboxylic acids is 2. The van der Waals surface area contributed by atoms with E-state index in [4.69, 9.17) is 4.74 Å². The van der Waals surface area contributed by atoms with Crippen LogP contribution in [0.3, 0.4) is 0 Å². The predicted octanol–water partition coefficient (Wildman–Crippen LogP) is 6.51. The van der Waals surface area contributed by atoms with Gasteiger partial charge in [0.15, 0.2) is 6.10 Å². The first-order chi connectivity index (χ1) is 19.0. The Labute approximate surface area is 226 Å². The minimum Gasteiger partial charge on any atom is -0.448 e. The summed E-state index contributed by atoms with van der Waals surface area (Å²) in [7, 11) is 1.56. The molecule has 6 nitrogen and oxygen atoms in total. The molecular formula is C33H28N2O4. The zero-order valence-electron chi connectivity index (χ0n) is 21.8. The fraction of sp³-hybridized carbons (Fsp3) is 0.121. The number of pyridine rings is 1. The second-order valence-corrected chi connectivity index (χ2v) is 9.15. The number of rotatable bonds is 7. The fourth-order valence-electron chi connectivity index (χ4n) is 4.80. The maximum atomic E-state index is 13.9. The van der Waals surface area contributed by atoms with E-state index >= 15 is 0 Å². The normalized spacial score (nSPS) is 11.6. The standard InChI is InChI=1S/C33H28N2O4/c1-3-28(32(37)35(24-17-9-5-10-18-24)25-19-11-6-12-20-25)39-33(38)30-29(23-15-7-4-8-16-23)26-21-13-14-22-27(26)31(36)34(30)2/h4-22,28H,3H2,1-2H3. The first-order valence-corrected chi connectivity index (χ1v) is 12.8. The van der Waals surface area contributed by atoms with Crippen LogP contribution in [0.5, 0.6) is 0 Å². The summed E-state index contributed by atoms with van der Waals surface area (Å²) in [6.07, 6.45) is -0.828. The van der Waals surface area contributed by atoms with Crippen LogP contribution in [0.2, 0.25) is 0 Å². The summed E-state index contributed by atoms with van der Waals surface area (Å²) >= 11 is 0. The summed E-state index contributed by atoms with van der Waals surface area (Å²) in [5.74, 6) is -1.12. The molecule has 194 valence electrons. The number of esters is 1. The van der Waals surface area contributed by atoms with Crippen LogP contribution in [0, 0.1) is 0 Å². The third-order valence-corrected chi connectivity index (χ3v) is 6.70. The lowest BCUT2D eigenvalue weighted by atomic mass is 9.96. The van der Waals surface area contributed by atoms with Gasteiger partial charge in [0.05, 0.1) is 0 Å². The van der Waals surface area contributed by atoms with Gasteiger partial charge in [0.1, 0.15) is 5.69 Å². The minimum atomic E-state index is -1.08. The van der Waals surface area contributed by atoms with Gasteiger partial charge in [0.25, 0.3) is 11.5 Å². The number of carbonyl (C=O) groups is 2.